The predicted octanol–water partition coefficient (Wildman–Crippen LogP) is -0.594. The molecule has 19 heavy (non-hydrogen) atoms. The van der Waals surface area contributed by atoms with Gasteiger partial charge in [0, 0.05) is 13.1 Å². The molecule has 8 heteroatoms. The number of nitrogens with zero attached hydrogens (tertiary/aromatic N) is 1. The van der Waals surface area contributed by atoms with Crippen molar-refractivity contribution in [2.75, 3.05) is 20.2 Å². The largest absolute Gasteiger partial charge is 0.495 e. The standard InChI is InChI=1S/C11H18BNO5S/c1-4-13(5-2)19(16,17)11-8-9(12(14)15)6-7-10(11)18-3/h6-8,14-15H,4-5H2,1-3H3. The Balaban J connectivity index is 3.42. The minimum absolute atomic E-state index is 0.0655. The molecule has 0 fully saturated rings. The summed E-state index contributed by atoms with van der Waals surface area (Å²) in [6.07, 6.45) is 0. The highest BCUT2D eigenvalue weighted by atomic mass is 32.2. The summed E-state index contributed by atoms with van der Waals surface area (Å²) in [5, 5.41) is 18.3. The zero-order chi connectivity index (χ0) is 14.6. The zero-order valence-electron chi connectivity index (χ0n) is 11.2. The molecule has 0 atom stereocenters. The lowest BCUT2D eigenvalue weighted by atomic mass is 9.80. The maximum Gasteiger partial charge on any atom is 0.488 e. The highest BCUT2D eigenvalue weighted by molar-refractivity contribution is 7.89. The third-order valence-electron chi connectivity index (χ3n) is 2.81. The molecule has 6 nitrogen and oxygen atoms in total. The molecule has 106 valence electrons. The van der Waals surface area contributed by atoms with E-state index in [1.807, 2.05) is 0 Å². The first-order valence-electron chi connectivity index (χ1n) is 5.92. The van der Waals surface area contributed by atoms with E-state index in [1.165, 1.54) is 29.6 Å². The molecule has 0 unspecified atom stereocenters. The second-order valence-electron chi connectivity index (χ2n) is 3.87. The lowest BCUT2D eigenvalue weighted by molar-refractivity contribution is 0.395. The van der Waals surface area contributed by atoms with E-state index in [1.54, 1.807) is 13.8 Å². The first kappa shape index (κ1) is 16.0. The summed E-state index contributed by atoms with van der Waals surface area (Å²) < 4.78 is 31.2. The van der Waals surface area contributed by atoms with Gasteiger partial charge in [-0.15, -0.1) is 0 Å². The molecule has 0 aromatic heterocycles. The molecule has 0 spiro atoms. The van der Waals surface area contributed by atoms with Gasteiger partial charge in [-0.25, -0.2) is 8.42 Å². The summed E-state index contributed by atoms with van der Waals surface area (Å²) in [6, 6.07) is 4.03. The number of hydrogen-bond donors (Lipinski definition) is 2. The van der Waals surface area contributed by atoms with E-state index < -0.39 is 17.1 Å². The summed E-state index contributed by atoms with van der Waals surface area (Å²) in [5.74, 6) is 0.177. The number of sulfonamides is 1. The van der Waals surface area contributed by atoms with Crippen molar-refractivity contribution in [3.63, 3.8) is 0 Å². The minimum atomic E-state index is -3.71. The molecule has 0 aliphatic carbocycles. The third-order valence-corrected chi connectivity index (χ3v) is 4.88. The van der Waals surface area contributed by atoms with Crippen LogP contribution in [0.25, 0.3) is 0 Å². The number of ether oxygens (including phenoxy) is 1. The van der Waals surface area contributed by atoms with Crippen molar-refractivity contribution >= 4 is 22.6 Å². The molecule has 0 bridgehead atoms. The molecule has 0 saturated heterocycles. The molecule has 1 rings (SSSR count). The molecule has 0 radical (unpaired) electrons. The molecule has 0 heterocycles. The van der Waals surface area contributed by atoms with Crippen LogP contribution in [0.3, 0.4) is 0 Å². The van der Waals surface area contributed by atoms with Crippen LogP contribution in [0, 0.1) is 0 Å². The van der Waals surface area contributed by atoms with Crippen molar-refractivity contribution in [1.29, 1.82) is 0 Å². The van der Waals surface area contributed by atoms with Gasteiger partial charge in [-0.3, -0.25) is 0 Å². The molecule has 0 aliphatic rings. The molecule has 0 aliphatic heterocycles. The van der Waals surface area contributed by atoms with Crippen LogP contribution >= 0.6 is 0 Å². The van der Waals surface area contributed by atoms with Crippen molar-refractivity contribution in [1.82, 2.24) is 4.31 Å². The summed E-state index contributed by atoms with van der Waals surface area (Å²) in [7, 11) is -4.07. The van der Waals surface area contributed by atoms with Crippen molar-refractivity contribution in [3.05, 3.63) is 18.2 Å². The molecule has 0 amide bonds. The number of hydrogen-bond acceptors (Lipinski definition) is 5. The van der Waals surface area contributed by atoms with Crippen molar-refractivity contribution < 1.29 is 23.2 Å². The summed E-state index contributed by atoms with van der Waals surface area (Å²) in [4.78, 5) is -0.0655. The zero-order valence-corrected chi connectivity index (χ0v) is 12.0. The van der Waals surface area contributed by atoms with Crippen LogP contribution in [0.2, 0.25) is 0 Å². The van der Waals surface area contributed by atoms with Crippen LogP contribution in [0.5, 0.6) is 5.75 Å². The van der Waals surface area contributed by atoms with E-state index in [0.717, 1.165) is 0 Å². The second-order valence-corrected chi connectivity index (χ2v) is 5.78. The van der Waals surface area contributed by atoms with E-state index >= 15 is 0 Å². The lowest BCUT2D eigenvalue weighted by Crippen LogP contribution is -2.34. The lowest BCUT2D eigenvalue weighted by Gasteiger charge is -2.20. The minimum Gasteiger partial charge on any atom is -0.495 e. The number of benzene rings is 1. The maximum atomic E-state index is 12.4. The van der Waals surface area contributed by atoms with Gasteiger partial charge in [0.05, 0.1) is 7.11 Å². The van der Waals surface area contributed by atoms with Gasteiger partial charge in [0.15, 0.2) is 0 Å². The Bertz CT molecular complexity index is 528. The van der Waals surface area contributed by atoms with Gasteiger partial charge in [0.2, 0.25) is 10.0 Å². The van der Waals surface area contributed by atoms with Gasteiger partial charge in [0.25, 0.3) is 0 Å². The van der Waals surface area contributed by atoms with Crippen LogP contribution < -0.4 is 10.2 Å². The summed E-state index contributed by atoms with van der Waals surface area (Å²) in [6.45, 7) is 4.12. The summed E-state index contributed by atoms with van der Waals surface area (Å²) >= 11 is 0. The van der Waals surface area contributed by atoms with Crippen molar-refractivity contribution in [3.8, 4) is 5.75 Å². The van der Waals surface area contributed by atoms with Gasteiger partial charge < -0.3 is 14.8 Å². The first-order valence-corrected chi connectivity index (χ1v) is 7.36. The molecule has 1 aromatic carbocycles. The van der Waals surface area contributed by atoms with Crippen molar-refractivity contribution in [2.45, 2.75) is 18.7 Å². The Morgan fingerprint density at radius 2 is 1.84 bits per heavy atom. The van der Waals surface area contributed by atoms with E-state index in [0.29, 0.717) is 13.1 Å². The monoisotopic (exact) mass is 287 g/mol. The molecule has 0 saturated carbocycles. The maximum absolute atomic E-state index is 12.4. The predicted molar refractivity (Wildman–Crippen MR) is 72.9 cm³/mol. The fourth-order valence-electron chi connectivity index (χ4n) is 1.76. The van der Waals surface area contributed by atoms with Gasteiger partial charge in [-0.2, -0.15) is 4.31 Å². The molecule has 1 aromatic rings. The smallest absolute Gasteiger partial charge is 0.488 e. The van der Waals surface area contributed by atoms with Crippen molar-refractivity contribution in [2.24, 2.45) is 0 Å². The number of rotatable bonds is 6. The Labute approximate surface area is 113 Å². The third kappa shape index (κ3) is 3.27. The highest BCUT2D eigenvalue weighted by Gasteiger charge is 2.27. The average Bonchev–Trinajstić information content (AvgIpc) is 2.38. The van der Waals surface area contributed by atoms with Crippen LogP contribution in [-0.4, -0.2) is 50.1 Å². The molecular weight excluding hydrogens is 269 g/mol. The first-order chi connectivity index (χ1) is 8.88. The topological polar surface area (TPSA) is 87.1 Å². The normalized spacial score (nSPS) is 11.7. The van der Waals surface area contributed by atoms with E-state index in [2.05, 4.69) is 0 Å². The number of methoxy groups -OCH3 is 1. The fourth-order valence-corrected chi connectivity index (χ4v) is 3.41. The summed E-state index contributed by atoms with van der Waals surface area (Å²) in [5.41, 5.74) is 0.103. The fraction of sp³-hybridized carbons (Fsp3) is 0.455. The quantitative estimate of drug-likeness (QED) is 0.683. The average molecular weight is 287 g/mol. The Hall–Kier alpha value is -1.09. The van der Waals surface area contributed by atoms with Gasteiger partial charge in [0.1, 0.15) is 10.6 Å². The molecular formula is C11H18BNO5S. The van der Waals surface area contributed by atoms with Crippen LogP contribution in [0.1, 0.15) is 13.8 Å². The van der Waals surface area contributed by atoms with Gasteiger partial charge >= 0.3 is 7.12 Å². The highest BCUT2D eigenvalue weighted by Crippen LogP contribution is 2.25. The molecule has 2 N–H and O–H groups in total. The second kappa shape index (κ2) is 6.38. The Morgan fingerprint density at radius 1 is 1.26 bits per heavy atom. The van der Waals surface area contributed by atoms with Crippen LogP contribution in [-0.2, 0) is 10.0 Å². The van der Waals surface area contributed by atoms with Gasteiger partial charge in [-0.1, -0.05) is 19.9 Å². The van der Waals surface area contributed by atoms with E-state index in [9.17, 15) is 8.42 Å². The van der Waals surface area contributed by atoms with E-state index in [4.69, 9.17) is 14.8 Å². The van der Waals surface area contributed by atoms with E-state index in [-0.39, 0.29) is 16.1 Å². The van der Waals surface area contributed by atoms with Crippen LogP contribution in [0.4, 0.5) is 0 Å². The Kier molecular flexibility index (Phi) is 5.36. The van der Waals surface area contributed by atoms with Gasteiger partial charge in [-0.05, 0) is 17.6 Å². The van der Waals surface area contributed by atoms with Crippen LogP contribution in [0.15, 0.2) is 23.1 Å². The SMILES string of the molecule is CCN(CC)S(=O)(=O)c1cc(B(O)O)ccc1OC. The Morgan fingerprint density at radius 3 is 2.26 bits per heavy atom.